The van der Waals surface area contributed by atoms with Gasteiger partial charge in [0.15, 0.2) is 0 Å². The molecule has 1 N–H and O–H groups in total. The molecule has 1 heterocycles. The van der Waals surface area contributed by atoms with Crippen LogP contribution in [0.1, 0.15) is 33.6 Å². The van der Waals surface area contributed by atoms with Crippen LogP contribution in [0.2, 0.25) is 10.0 Å². The molecular weight excluding hydrogens is 343 g/mol. The van der Waals surface area contributed by atoms with E-state index in [1.54, 1.807) is 13.8 Å². The van der Waals surface area contributed by atoms with E-state index < -0.39 is 11.2 Å². The Morgan fingerprint density at radius 2 is 2.00 bits per heavy atom. The fourth-order valence-electron chi connectivity index (χ4n) is 1.80. The van der Waals surface area contributed by atoms with Crippen LogP contribution in [0.25, 0.3) is 5.69 Å². The Morgan fingerprint density at radius 3 is 2.57 bits per heavy atom. The lowest BCUT2D eigenvalue weighted by Gasteiger charge is -2.15. The first-order valence-electron chi connectivity index (χ1n) is 7.03. The van der Waals surface area contributed by atoms with Crippen molar-refractivity contribution in [2.45, 2.75) is 39.2 Å². The zero-order valence-electron chi connectivity index (χ0n) is 13.3. The summed E-state index contributed by atoms with van der Waals surface area (Å²) in [6, 6.07) is 3.01. The summed E-state index contributed by atoms with van der Waals surface area (Å²) < 4.78 is 11.8. The van der Waals surface area contributed by atoms with E-state index in [4.69, 9.17) is 32.4 Å². The number of aliphatic hydroxyl groups is 1. The molecular formula is C15H18Cl2N2O4. The fraction of sp³-hybridized carbons (Fsp3) is 0.467. The molecule has 1 aromatic heterocycles. The summed E-state index contributed by atoms with van der Waals surface area (Å²) in [5.41, 5.74) is -0.499. The summed E-state index contributed by atoms with van der Waals surface area (Å²) in [5, 5.41) is 14.1. The minimum absolute atomic E-state index is 0.0977. The number of aromatic nitrogens is 2. The van der Waals surface area contributed by atoms with Crippen molar-refractivity contribution in [3.8, 4) is 11.4 Å². The molecule has 126 valence electrons. The lowest BCUT2D eigenvalue weighted by atomic mass is 9.95. The third-order valence-electron chi connectivity index (χ3n) is 3.11. The largest absolute Gasteiger partial charge is 0.489 e. The van der Waals surface area contributed by atoms with Crippen LogP contribution in [0.3, 0.4) is 0 Å². The van der Waals surface area contributed by atoms with Crippen molar-refractivity contribution >= 4 is 23.2 Å². The summed E-state index contributed by atoms with van der Waals surface area (Å²) >= 11 is 12.3. The third kappa shape index (κ3) is 3.71. The summed E-state index contributed by atoms with van der Waals surface area (Å²) in [6.07, 6.45) is -0.0977. The van der Waals surface area contributed by atoms with E-state index in [-0.39, 0.29) is 23.6 Å². The highest BCUT2D eigenvalue weighted by molar-refractivity contribution is 6.36. The molecule has 0 unspecified atom stereocenters. The monoisotopic (exact) mass is 360 g/mol. The quantitative estimate of drug-likeness (QED) is 0.885. The van der Waals surface area contributed by atoms with E-state index in [9.17, 15) is 9.90 Å². The van der Waals surface area contributed by atoms with Gasteiger partial charge in [-0.05, 0) is 33.8 Å². The van der Waals surface area contributed by atoms with E-state index in [2.05, 4.69) is 5.10 Å². The van der Waals surface area contributed by atoms with Crippen LogP contribution < -0.4 is 10.5 Å². The Hall–Kier alpha value is -1.50. The van der Waals surface area contributed by atoms with Gasteiger partial charge in [0, 0.05) is 6.07 Å². The molecule has 0 aliphatic heterocycles. The van der Waals surface area contributed by atoms with Crippen molar-refractivity contribution in [2.75, 3.05) is 6.61 Å². The van der Waals surface area contributed by atoms with Gasteiger partial charge in [-0.1, -0.05) is 23.2 Å². The van der Waals surface area contributed by atoms with E-state index in [1.165, 1.54) is 12.1 Å². The zero-order chi connectivity index (χ0) is 17.4. The molecule has 0 amide bonds. The molecule has 0 saturated heterocycles. The third-order valence-corrected chi connectivity index (χ3v) is 3.71. The SMILES string of the molecule is CC(C)Oc1cc(-n2nc(C(C)(C)CO)oc2=O)c(Cl)cc1Cl. The van der Waals surface area contributed by atoms with Crippen molar-refractivity contribution < 1.29 is 14.3 Å². The highest BCUT2D eigenvalue weighted by atomic mass is 35.5. The minimum Gasteiger partial charge on any atom is -0.489 e. The molecule has 0 fully saturated rings. The highest BCUT2D eigenvalue weighted by Crippen LogP contribution is 2.33. The van der Waals surface area contributed by atoms with E-state index in [1.807, 2.05) is 13.8 Å². The first-order chi connectivity index (χ1) is 10.7. The molecule has 0 radical (unpaired) electrons. The number of rotatable bonds is 5. The van der Waals surface area contributed by atoms with Crippen LogP contribution in [0.4, 0.5) is 0 Å². The van der Waals surface area contributed by atoms with Crippen LogP contribution >= 0.6 is 23.2 Å². The maximum atomic E-state index is 12.1. The van der Waals surface area contributed by atoms with Gasteiger partial charge >= 0.3 is 5.76 Å². The second kappa shape index (κ2) is 6.55. The van der Waals surface area contributed by atoms with Crippen molar-refractivity contribution in [1.29, 1.82) is 0 Å². The van der Waals surface area contributed by atoms with Gasteiger partial charge in [-0.15, -0.1) is 5.10 Å². The number of halogens is 2. The molecule has 0 saturated carbocycles. The smallest absolute Gasteiger partial charge is 0.442 e. The number of benzene rings is 1. The van der Waals surface area contributed by atoms with Gasteiger partial charge in [-0.2, -0.15) is 4.68 Å². The van der Waals surface area contributed by atoms with Crippen molar-refractivity contribution in [3.63, 3.8) is 0 Å². The number of hydrogen-bond donors (Lipinski definition) is 1. The van der Waals surface area contributed by atoms with Crippen LogP contribution in [-0.2, 0) is 5.41 Å². The normalized spacial score (nSPS) is 12.0. The van der Waals surface area contributed by atoms with E-state index in [0.29, 0.717) is 16.5 Å². The summed E-state index contributed by atoms with van der Waals surface area (Å²) in [4.78, 5) is 12.1. The van der Waals surface area contributed by atoms with Crippen molar-refractivity contribution in [2.24, 2.45) is 0 Å². The molecule has 2 rings (SSSR count). The topological polar surface area (TPSA) is 77.5 Å². The lowest BCUT2D eigenvalue weighted by molar-refractivity contribution is 0.190. The number of nitrogens with zero attached hydrogens (tertiary/aromatic N) is 2. The van der Waals surface area contributed by atoms with Gasteiger partial charge in [0.05, 0.1) is 33.9 Å². The standard InChI is InChI=1S/C15H18Cl2N2O4/c1-8(2)22-12-6-11(9(16)5-10(12)17)19-14(21)23-13(18-19)15(3,4)7-20/h5-6,8,20H,7H2,1-4H3. The van der Waals surface area contributed by atoms with Gasteiger partial charge in [0.1, 0.15) is 5.75 Å². The molecule has 23 heavy (non-hydrogen) atoms. The van der Waals surface area contributed by atoms with Gasteiger partial charge < -0.3 is 14.3 Å². The Bertz CT molecular complexity index is 765. The summed E-state index contributed by atoms with van der Waals surface area (Å²) in [6.45, 7) is 6.91. The number of ether oxygens (including phenoxy) is 1. The van der Waals surface area contributed by atoms with Crippen LogP contribution in [0.15, 0.2) is 21.3 Å². The van der Waals surface area contributed by atoms with Crippen LogP contribution in [-0.4, -0.2) is 27.6 Å². The number of aliphatic hydroxyl groups excluding tert-OH is 1. The molecule has 0 bridgehead atoms. The van der Waals surface area contributed by atoms with Gasteiger partial charge in [0.2, 0.25) is 5.89 Å². The Kier molecular flexibility index (Phi) is 5.08. The molecule has 1 aromatic carbocycles. The van der Waals surface area contributed by atoms with Crippen molar-refractivity contribution in [3.05, 3.63) is 38.6 Å². The predicted octanol–water partition coefficient (Wildman–Crippen LogP) is 3.19. The van der Waals surface area contributed by atoms with Crippen LogP contribution in [0.5, 0.6) is 5.75 Å². The fourth-order valence-corrected chi connectivity index (χ4v) is 2.30. The molecule has 0 spiro atoms. The molecule has 6 nitrogen and oxygen atoms in total. The molecule has 8 heteroatoms. The Balaban J connectivity index is 2.56. The average molecular weight is 361 g/mol. The van der Waals surface area contributed by atoms with E-state index in [0.717, 1.165) is 4.68 Å². The second-order valence-electron chi connectivity index (χ2n) is 6.03. The predicted molar refractivity (Wildman–Crippen MR) is 88.0 cm³/mol. The van der Waals surface area contributed by atoms with E-state index >= 15 is 0 Å². The Labute approximate surface area is 143 Å². The van der Waals surface area contributed by atoms with Gasteiger partial charge in [-0.3, -0.25) is 0 Å². The molecule has 0 aliphatic rings. The van der Waals surface area contributed by atoms with Gasteiger partial charge in [-0.25, -0.2) is 4.79 Å². The average Bonchev–Trinajstić information content (AvgIpc) is 2.84. The first-order valence-corrected chi connectivity index (χ1v) is 7.79. The summed E-state index contributed by atoms with van der Waals surface area (Å²) in [7, 11) is 0. The second-order valence-corrected chi connectivity index (χ2v) is 6.84. The molecule has 0 aliphatic carbocycles. The lowest BCUT2D eigenvalue weighted by Crippen LogP contribution is -2.23. The van der Waals surface area contributed by atoms with Crippen molar-refractivity contribution in [1.82, 2.24) is 9.78 Å². The first kappa shape index (κ1) is 17.8. The van der Waals surface area contributed by atoms with Gasteiger partial charge in [0.25, 0.3) is 0 Å². The minimum atomic E-state index is -0.791. The zero-order valence-corrected chi connectivity index (χ0v) is 14.8. The summed E-state index contributed by atoms with van der Waals surface area (Å²) in [5.74, 6) is -0.206. The maximum absolute atomic E-state index is 12.1. The highest BCUT2D eigenvalue weighted by Gasteiger charge is 2.28. The van der Waals surface area contributed by atoms with Crippen LogP contribution in [0, 0.1) is 0 Å². The molecule has 0 atom stereocenters. The maximum Gasteiger partial charge on any atom is 0.442 e. The number of hydrogen-bond acceptors (Lipinski definition) is 5. The Morgan fingerprint density at radius 1 is 1.35 bits per heavy atom. The molecule has 2 aromatic rings.